The van der Waals surface area contributed by atoms with E-state index in [1.165, 1.54) is 12.1 Å². The second-order valence-corrected chi connectivity index (χ2v) is 5.01. The summed E-state index contributed by atoms with van der Waals surface area (Å²) in [7, 11) is 0. The van der Waals surface area contributed by atoms with Gasteiger partial charge in [0.15, 0.2) is 17.1 Å². The van der Waals surface area contributed by atoms with Gasteiger partial charge in [-0.3, -0.25) is 0 Å². The number of hydrogen-bond acceptors (Lipinski definition) is 3. The van der Waals surface area contributed by atoms with Crippen LogP contribution in [0.3, 0.4) is 0 Å². The first-order valence-corrected chi connectivity index (χ1v) is 6.66. The summed E-state index contributed by atoms with van der Waals surface area (Å²) < 4.78 is 19.4. The quantitative estimate of drug-likeness (QED) is 0.687. The first-order valence-electron chi connectivity index (χ1n) is 5.87. The van der Waals surface area contributed by atoms with Crippen molar-refractivity contribution in [2.45, 2.75) is 12.8 Å². The zero-order valence-corrected chi connectivity index (χ0v) is 11.5. The van der Waals surface area contributed by atoms with Crippen LogP contribution in [-0.2, 0) is 12.8 Å². The molecule has 0 aliphatic heterocycles. The number of rotatable bonds is 3. The molecule has 0 atom stereocenters. The lowest BCUT2D eigenvalue weighted by Gasteiger charge is -1.98. The van der Waals surface area contributed by atoms with Crippen LogP contribution in [0, 0.1) is 5.82 Å². The van der Waals surface area contributed by atoms with Crippen molar-refractivity contribution in [3.63, 3.8) is 0 Å². The van der Waals surface area contributed by atoms with E-state index in [0.29, 0.717) is 30.0 Å². The molecule has 3 aromatic rings. The molecular weight excluding hydrogens is 311 g/mol. The molecule has 3 rings (SSSR count). The van der Waals surface area contributed by atoms with Crippen LogP contribution in [0.2, 0.25) is 0 Å². The fourth-order valence-electron chi connectivity index (χ4n) is 1.89. The molecule has 1 aromatic carbocycles. The van der Waals surface area contributed by atoms with Crippen molar-refractivity contribution >= 4 is 27.2 Å². The molecule has 0 N–H and O–H groups in total. The number of benzene rings is 1. The summed E-state index contributed by atoms with van der Waals surface area (Å²) in [5, 5.41) is 0. The molecule has 2 heterocycles. The fourth-order valence-corrected chi connectivity index (χ4v) is 2.19. The smallest absolute Gasteiger partial charge is 0.199 e. The highest BCUT2D eigenvalue weighted by Crippen LogP contribution is 2.18. The summed E-state index contributed by atoms with van der Waals surface area (Å²) in [6, 6.07) is 10.2. The van der Waals surface area contributed by atoms with Crippen molar-refractivity contribution in [2.75, 3.05) is 0 Å². The Morgan fingerprint density at radius 2 is 2.00 bits per heavy atom. The Bertz CT molecular complexity index is 726. The third kappa shape index (κ3) is 2.81. The molecule has 0 bridgehead atoms. The van der Waals surface area contributed by atoms with Crippen LogP contribution >= 0.6 is 15.9 Å². The highest BCUT2D eigenvalue weighted by molar-refractivity contribution is 9.10. The van der Waals surface area contributed by atoms with Gasteiger partial charge in [0, 0.05) is 6.42 Å². The summed E-state index contributed by atoms with van der Waals surface area (Å²) in [4.78, 5) is 8.53. The van der Waals surface area contributed by atoms with Crippen molar-refractivity contribution in [1.82, 2.24) is 9.97 Å². The minimum absolute atomic E-state index is 0.222. The topological polar surface area (TPSA) is 38.9 Å². The Balaban J connectivity index is 1.78. The normalized spacial score (nSPS) is 11.1. The van der Waals surface area contributed by atoms with E-state index in [4.69, 9.17) is 4.42 Å². The molecule has 0 amide bonds. The van der Waals surface area contributed by atoms with Gasteiger partial charge in [0.05, 0.1) is 0 Å². The van der Waals surface area contributed by atoms with Crippen molar-refractivity contribution in [3.05, 3.63) is 58.3 Å². The molecule has 2 aromatic heterocycles. The maximum absolute atomic E-state index is 13.1. The van der Waals surface area contributed by atoms with Crippen LogP contribution in [0.15, 0.2) is 45.4 Å². The van der Waals surface area contributed by atoms with Gasteiger partial charge in [0.25, 0.3) is 0 Å². The van der Waals surface area contributed by atoms with E-state index < -0.39 is 0 Å². The number of nitrogens with zero attached hydrogens (tertiary/aromatic N) is 2. The molecule has 19 heavy (non-hydrogen) atoms. The number of aromatic nitrogens is 2. The predicted octanol–water partition coefficient (Wildman–Crippen LogP) is 3.91. The fraction of sp³-hybridized carbons (Fsp3) is 0.143. The Kier molecular flexibility index (Phi) is 3.29. The van der Waals surface area contributed by atoms with E-state index in [9.17, 15) is 4.39 Å². The minimum Gasteiger partial charge on any atom is -0.439 e. The Hall–Kier alpha value is -1.75. The van der Waals surface area contributed by atoms with Gasteiger partial charge < -0.3 is 4.42 Å². The Labute approximate surface area is 117 Å². The molecule has 0 radical (unpaired) electrons. The second-order valence-electron chi connectivity index (χ2n) is 4.19. The van der Waals surface area contributed by atoms with Crippen LogP contribution in [-0.4, -0.2) is 9.97 Å². The largest absolute Gasteiger partial charge is 0.439 e. The van der Waals surface area contributed by atoms with E-state index in [0.717, 1.165) is 10.2 Å². The summed E-state index contributed by atoms with van der Waals surface area (Å²) in [5.41, 5.74) is 2.18. The lowest BCUT2D eigenvalue weighted by Crippen LogP contribution is -1.92. The second kappa shape index (κ2) is 5.09. The minimum atomic E-state index is -0.222. The summed E-state index contributed by atoms with van der Waals surface area (Å²) in [6.45, 7) is 0. The SMILES string of the molecule is Fc1cccc(CCc2nc3nc(Br)ccc3o2)c1. The van der Waals surface area contributed by atoms with Gasteiger partial charge in [0.1, 0.15) is 10.4 Å². The molecule has 0 unspecified atom stereocenters. The van der Waals surface area contributed by atoms with Crippen molar-refractivity contribution < 1.29 is 8.81 Å². The van der Waals surface area contributed by atoms with E-state index in [2.05, 4.69) is 25.9 Å². The number of halogens is 2. The van der Waals surface area contributed by atoms with E-state index in [1.807, 2.05) is 18.2 Å². The van der Waals surface area contributed by atoms with Crippen LogP contribution in [0.1, 0.15) is 11.5 Å². The lowest BCUT2D eigenvalue weighted by molar-refractivity contribution is 0.527. The van der Waals surface area contributed by atoms with Crippen LogP contribution in [0.5, 0.6) is 0 Å². The zero-order chi connectivity index (χ0) is 13.2. The molecule has 0 aliphatic carbocycles. The average Bonchev–Trinajstić information content (AvgIpc) is 2.78. The van der Waals surface area contributed by atoms with Gasteiger partial charge in [0.2, 0.25) is 0 Å². The molecule has 0 saturated carbocycles. The van der Waals surface area contributed by atoms with Gasteiger partial charge in [-0.25, -0.2) is 9.37 Å². The monoisotopic (exact) mass is 320 g/mol. The lowest BCUT2D eigenvalue weighted by atomic mass is 10.1. The highest BCUT2D eigenvalue weighted by Gasteiger charge is 2.07. The number of aryl methyl sites for hydroxylation is 2. The molecule has 0 aliphatic rings. The van der Waals surface area contributed by atoms with Crippen LogP contribution in [0.4, 0.5) is 4.39 Å². The molecule has 5 heteroatoms. The van der Waals surface area contributed by atoms with E-state index in [-0.39, 0.29) is 5.82 Å². The van der Waals surface area contributed by atoms with Gasteiger partial charge in [-0.1, -0.05) is 12.1 Å². The third-order valence-corrected chi connectivity index (χ3v) is 3.22. The summed E-state index contributed by atoms with van der Waals surface area (Å²) in [6.07, 6.45) is 1.31. The number of hydrogen-bond donors (Lipinski definition) is 0. The maximum atomic E-state index is 13.1. The molecule has 3 nitrogen and oxygen atoms in total. The van der Waals surface area contributed by atoms with Crippen LogP contribution in [0.25, 0.3) is 11.2 Å². The number of pyridine rings is 1. The van der Waals surface area contributed by atoms with Crippen molar-refractivity contribution in [3.8, 4) is 0 Å². The zero-order valence-electron chi connectivity index (χ0n) is 9.94. The maximum Gasteiger partial charge on any atom is 0.199 e. The predicted molar refractivity (Wildman–Crippen MR) is 73.3 cm³/mol. The van der Waals surface area contributed by atoms with Gasteiger partial charge in [-0.05, 0) is 52.2 Å². The van der Waals surface area contributed by atoms with Crippen molar-refractivity contribution in [2.24, 2.45) is 0 Å². The Morgan fingerprint density at radius 3 is 2.84 bits per heavy atom. The first kappa shape index (κ1) is 12.3. The summed E-state index contributed by atoms with van der Waals surface area (Å²) >= 11 is 3.29. The summed E-state index contributed by atoms with van der Waals surface area (Å²) in [5.74, 6) is 0.394. The molecule has 0 spiro atoms. The van der Waals surface area contributed by atoms with Crippen LogP contribution < -0.4 is 0 Å². The number of oxazole rings is 1. The van der Waals surface area contributed by atoms with E-state index >= 15 is 0 Å². The molecule has 96 valence electrons. The van der Waals surface area contributed by atoms with E-state index in [1.54, 1.807) is 6.07 Å². The average molecular weight is 321 g/mol. The Morgan fingerprint density at radius 1 is 1.11 bits per heavy atom. The first-order chi connectivity index (χ1) is 9.20. The molecule has 0 saturated heterocycles. The highest BCUT2D eigenvalue weighted by atomic mass is 79.9. The standard InChI is InChI=1S/C14H10BrFN2O/c15-12-6-5-11-14(17-12)18-13(19-11)7-4-9-2-1-3-10(16)8-9/h1-3,5-6,8H,4,7H2. The number of fused-ring (bicyclic) bond motifs is 1. The van der Waals surface area contributed by atoms with Gasteiger partial charge in [-0.15, -0.1) is 0 Å². The molecular formula is C14H10BrFN2O. The van der Waals surface area contributed by atoms with Gasteiger partial charge in [-0.2, -0.15) is 4.98 Å². The van der Waals surface area contributed by atoms with Gasteiger partial charge >= 0.3 is 0 Å². The third-order valence-electron chi connectivity index (χ3n) is 2.78. The molecule has 0 fully saturated rings. The van der Waals surface area contributed by atoms with Crippen molar-refractivity contribution in [1.29, 1.82) is 0 Å².